The summed E-state index contributed by atoms with van der Waals surface area (Å²) in [5.41, 5.74) is 8.35. The molecule has 1 aliphatic carbocycles. The predicted molar refractivity (Wildman–Crippen MR) is 104 cm³/mol. The molecule has 0 radical (unpaired) electrons. The molecule has 1 spiro atoms. The van der Waals surface area contributed by atoms with Crippen molar-refractivity contribution >= 4 is 17.6 Å². The van der Waals surface area contributed by atoms with Crippen LogP contribution in [0.5, 0.6) is 5.75 Å². The van der Waals surface area contributed by atoms with Gasteiger partial charge in [0.05, 0.1) is 6.10 Å². The molecule has 2 unspecified atom stereocenters. The van der Waals surface area contributed by atoms with Crippen molar-refractivity contribution in [1.82, 2.24) is 0 Å². The summed E-state index contributed by atoms with van der Waals surface area (Å²) in [6.07, 6.45) is 1.84. The van der Waals surface area contributed by atoms with Crippen LogP contribution in [0, 0.1) is 5.92 Å². The Kier molecular flexibility index (Phi) is 3.85. The Hall–Kier alpha value is -2.24. The van der Waals surface area contributed by atoms with Gasteiger partial charge >= 0.3 is 0 Å². The largest absolute Gasteiger partial charge is 0.490 e. The summed E-state index contributed by atoms with van der Waals surface area (Å²) in [5.74, 6) is 0.852. The number of aliphatic hydroxyl groups is 1. The lowest BCUT2D eigenvalue weighted by Crippen LogP contribution is -2.51. The van der Waals surface area contributed by atoms with Crippen LogP contribution in [-0.2, 0) is 10.3 Å². The van der Waals surface area contributed by atoms with E-state index in [1.165, 1.54) is 0 Å². The number of aliphatic hydroxyl groups excluding tert-OH is 1. The summed E-state index contributed by atoms with van der Waals surface area (Å²) in [7, 11) is 0. The highest BCUT2D eigenvalue weighted by atomic mass is 35.5. The van der Waals surface area contributed by atoms with Crippen LogP contribution in [0.15, 0.2) is 47.5 Å². The highest BCUT2D eigenvalue weighted by Gasteiger charge is 2.55. The zero-order chi connectivity index (χ0) is 18.6. The topological polar surface area (TPSA) is 77.1 Å². The van der Waals surface area contributed by atoms with Crippen LogP contribution in [-0.4, -0.2) is 29.9 Å². The van der Waals surface area contributed by atoms with E-state index < -0.39 is 5.54 Å². The van der Waals surface area contributed by atoms with Gasteiger partial charge in [-0.1, -0.05) is 29.8 Å². The summed E-state index contributed by atoms with van der Waals surface area (Å²) in [4.78, 5) is 4.75. The predicted octanol–water partition coefficient (Wildman–Crippen LogP) is 3.47. The van der Waals surface area contributed by atoms with E-state index in [9.17, 15) is 5.11 Å². The summed E-state index contributed by atoms with van der Waals surface area (Å²) < 4.78 is 11.9. The Morgan fingerprint density at radius 2 is 2.00 bits per heavy atom. The van der Waals surface area contributed by atoms with Crippen LogP contribution in [0.25, 0.3) is 11.1 Å². The number of hydrogen-bond donors (Lipinski definition) is 2. The number of nitrogens with two attached hydrogens (primary N) is 1. The van der Waals surface area contributed by atoms with Gasteiger partial charge in [0.1, 0.15) is 24.0 Å². The first-order valence-electron chi connectivity index (χ1n) is 9.28. The molecule has 2 heterocycles. The van der Waals surface area contributed by atoms with Crippen LogP contribution in [0.3, 0.4) is 0 Å². The fraction of sp³-hybridized carbons (Fsp3) is 0.381. The van der Waals surface area contributed by atoms with Gasteiger partial charge in [-0.05, 0) is 54.7 Å². The van der Waals surface area contributed by atoms with E-state index in [2.05, 4.69) is 6.07 Å². The SMILES string of the molecule is NC1=NC2(CO1)c1cc(-c3cccc(Cl)c3)ccc1OC1CC[C@H](O)C[C@@H]12. The molecule has 140 valence electrons. The van der Waals surface area contributed by atoms with E-state index in [1.807, 2.05) is 36.4 Å². The molecule has 27 heavy (non-hydrogen) atoms. The fourth-order valence-electron chi connectivity index (χ4n) is 4.72. The maximum Gasteiger partial charge on any atom is 0.283 e. The first kappa shape index (κ1) is 16.9. The fourth-order valence-corrected chi connectivity index (χ4v) is 4.91. The number of nitrogens with zero attached hydrogens (tertiary/aromatic N) is 1. The highest BCUT2D eigenvalue weighted by Crippen LogP contribution is 2.53. The average molecular weight is 385 g/mol. The maximum absolute atomic E-state index is 10.3. The van der Waals surface area contributed by atoms with Crippen molar-refractivity contribution in [3.63, 3.8) is 0 Å². The zero-order valence-electron chi connectivity index (χ0n) is 14.8. The van der Waals surface area contributed by atoms with Gasteiger partial charge in [-0.25, -0.2) is 4.99 Å². The van der Waals surface area contributed by atoms with E-state index in [-0.39, 0.29) is 24.1 Å². The number of benzene rings is 2. The number of rotatable bonds is 1. The molecule has 2 aromatic carbocycles. The molecule has 0 saturated heterocycles. The molecule has 2 aromatic rings. The molecule has 0 bridgehead atoms. The summed E-state index contributed by atoms with van der Waals surface area (Å²) in [6, 6.07) is 14.1. The Morgan fingerprint density at radius 3 is 2.78 bits per heavy atom. The molecule has 3 aliphatic rings. The van der Waals surface area contributed by atoms with Crippen molar-refractivity contribution in [3.05, 3.63) is 53.1 Å². The van der Waals surface area contributed by atoms with E-state index >= 15 is 0 Å². The molecule has 0 amide bonds. The molecule has 1 fully saturated rings. The Balaban J connectivity index is 1.66. The number of aliphatic imine (C=N–C) groups is 1. The van der Waals surface area contributed by atoms with Crippen molar-refractivity contribution in [2.24, 2.45) is 16.6 Å². The summed E-state index contributed by atoms with van der Waals surface area (Å²) in [5, 5.41) is 11.0. The Labute approximate surface area is 162 Å². The lowest BCUT2D eigenvalue weighted by molar-refractivity contribution is -0.0359. The van der Waals surface area contributed by atoms with Crippen LogP contribution < -0.4 is 10.5 Å². The number of fused-ring (bicyclic) bond motifs is 4. The number of hydrogen-bond acceptors (Lipinski definition) is 5. The molecule has 2 aliphatic heterocycles. The standard InChI is InChI=1S/C21H21ClN2O3/c22-14-3-1-2-12(8-14)13-4-6-18-16(9-13)21(11-26-20(23)24-21)17-10-15(25)5-7-19(17)27-18/h1-4,6,8-9,15,17,19,25H,5,7,10-11H2,(H2,23,24)/t15-,17-,19?,21?/m0/s1. The first-order valence-corrected chi connectivity index (χ1v) is 9.66. The normalized spacial score (nSPS) is 31.5. The van der Waals surface area contributed by atoms with Crippen molar-refractivity contribution in [2.75, 3.05) is 6.61 Å². The summed E-state index contributed by atoms with van der Waals surface area (Å²) >= 11 is 6.17. The van der Waals surface area contributed by atoms with Crippen LogP contribution in [0.1, 0.15) is 24.8 Å². The minimum atomic E-state index is -0.613. The van der Waals surface area contributed by atoms with Gasteiger partial charge in [-0.2, -0.15) is 0 Å². The van der Waals surface area contributed by atoms with E-state index in [1.54, 1.807) is 0 Å². The molecular formula is C21H21ClN2O3. The van der Waals surface area contributed by atoms with Gasteiger partial charge in [0.25, 0.3) is 6.02 Å². The van der Waals surface area contributed by atoms with Gasteiger partial charge < -0.3 is 20.3 Å². The average Bonchev–Trinajstić information content (AvgIpc) is 3.05. The first-order chi connectivity index (χ1) is 13.0. The van der Waals surface area contributed by atoms with Gasteiger partial charge in [-0.15, -0.1) is 0 Å². The number of amidine groups is 1. The molecule has 3 N–H and O–H groups in total. The molecule has 4 atom stereocenters. The van der Waals surface area contributed by atoms with Crippen molar-refractivity contribution in [1.29, 1.82) is 0 Å². The van der Waals surface area contributed by atoms with E-state index in [0.717, 1.165) is 35.3 Å². The second kappa shape index (κ2) is 6.14. The van der Waals surface area contributed by atoms with Gasteiger partial charge in [0.2, 0.25) is 0 Å². The monoisotopic (exact) mass is 384 g/mol. The highest BCUT2D eigenvalue weighted by molar-refractivity contribution is 6.30. The second-order valence-electron chi connectivity index (χ2n) is 7.61. The van der Waals surface area contributed by atoms with E-state index in [0.29, 0.717) is 18.1 Å². The smallest absolute Gasteiger partial charge is 0.283 e. The van der Waals surface area contributed by atoms with Gasteiger partial charge in [-0.3, -0.25) is 0 Å². The Bertz CT molecular complexity index is 931. The molecule has 5 rings (SSSR count). The minimum Gasteiger partial charge on any atom is -0.490 e. The summed E-state index contributed by atoms with van der Waals surface area (Å²) in [6.45, 7) is 0.377. The third-order valence-corrected chi connectivity index (χ3v) is 6.24. The third-order valence-electron chi connectivity index (χ3n) is 6.00. The number of halogens is 1. The number of ether oxygens (including phenoxy) is 2. The van der Waals surface area contributed by atoms with Gasteiger partial charge in [0, 0.05) is 16.5 Å². The third kappa shape index (κ3) is 2.68. The van der Waals surface area contributed by atoms with Crippen molar-refractivity contribution in [3.8, 4) is 16.9 Å². The molecular weight excluding hydrogens is 364 g/mol. The van der Waals surface area contributed by atoms with Gasteiger partial charge in [0.15, 0.2) is 0 Å². The quantitative estimate of drug-likeness (QED) is 0.789. The minimum absolute atomic E-state index is 0.0103. The Morgan fingerprint density at radius 1 is 1.15 bits per heavy atom. The molecule has 1 saturated carbocycles. The molecule has 5 nitrogen and oxygen atoms in total. The lowest BCUT2D eigenvalue weighted by Gasteiger charge is -2.47. The van der Waals surface area contributed by atoms with Crippen LogP contribution in [0.2, 0.25) is 5.02 Å². The molecule has 0 aromatic heterocycles. The zero-order valence-corrected chi connectivity index (χ0v) is 15.5. The maximum atomic E-state index is 10.3. The van der Waals surface area contributed by atoms with E-state index in [4.69, 9.17) is 31.8 Å². The lowest BCUT2D eigenvalue weighted by atomic mass is 9.67. The molecule has 6 heteroatoms. The second-order valence-corrected chi connectivity index (χ2v) is 8.05. The van der Waals surface area contributed by atoms with Crippen molar-refractivity contribution in [2.45, 2.75) is 37.0 Å². The van der Waals surface area contributed by atoms with Crippen LogP contribution >= 0.6 is 11.6 Å². The van der Waals surface area contributed by atoms with Crippen LogP contribution in [0.4, 0.5) is 0 Å². The van der Waals surface area contributed by atoms with Crippen molar-refractivity contribution < 1.29 is 14.6 Å².